The largest absolute Gasteiger partial charge is 0.416 e. The zero-order chi connectivity index (χ0) is 14.5. The molecule has 1 atom stereocenters. The van der Waals surface area contributed by atoms with Crippen molar-refractivity contribution in [2.45, 2.75) is 12.3 Å². The van der Waals surface area contributed by atoms with Crippen LogP contribution in [0.2, 0.25) is 0 Å². The minimum Gasteiger partial charge on any atom is -0.387 e. The van der Waals surface area contributed by atoms with Gasteiger partial charge in [-0.15, -0.1) is 0 Å². The Labute approximate surface area is 108 Å². The predicted octanol–water partition coefficient (Wildman–Crippen LogP) is 1.50. The number of carbonyl (C=O) groups excluding carboxylic acids is 1. The van der Waals surface area contributed by atoms with E-state index < -0.39 is 23.8 Å². The van der Waals surface area contributed by atoms with E-state index in [4.69, 9.17) is 0 Å². The van der Waals surface area contributed by atoms with Gasteiger partial charge in [-0.2, -0.15) is 13.2 Å². The molecule has 0 saturated carbocycles. The maximum Gasteiger partial charge on any atom is 0.416 e. The fraction of sp³-hybridized carbons (Fsp3) is 0.417. The summed E-state index contributed by atoms with van der Waals surface area (Å²) in [6, 6.07) is 4.34. The summed E-state index contributed by atoms with van der Waals surface area (Å²) in [4.78, 5) is 11.1. The number of ether oxygens (including phenoxy) is 1. The van der Waals surface area contributed by atoms with Crippen LogP contribution in [-0.2, 0) is 15.7 Å². The van der Waals surface area contributed by atoms with Crippen molar-refractivity contribution in [3.05, 3.63) is 35.4 Å². The van der Waals surface area contributed by atoms with Gasteiger partial charge >= 0.3 is 6.18 Å². The van der Waals surface area contributed by atoms with Gasteiger partial charge in [-0.25, -0.2) is 0 Å². The molecule has 0 radical (unpaired) electrons. The molecule has 0 saturated heterocycles. The van der Waals surface area contributed by atoms with Gasteiger partial charge < -0.3 is 15.2 Å². The lowest BCUT2D eigenvalue weighted by Gasteiger charge is -2.14. The standard InChI is InChI=1S/C12H14F3NO3/c1-19-7-11(18)16-6-10(17)8-3-2-4-9(5-8)12(13,14)15/h2-5,10,17H,6-7H2,1H3,(H,16,18). The molecule has 1 rings (SSSR count). The SMILES string of the molecule is COCC(=O)NCC(O)c1cccc(C(F)(F)F)c1. The van der Waals surface area contributed by atoms with E-state index in [0.717, 1.165) is 12.1 Å². The van der Waals surface area contributed by atoms with Crippen LogP contribution in [0.25, 0.3) is 0 Å². The Kier molecular flexibility index (Phi) is 5.31. The van der Waals surface area contributed by atoms with Crippen molar-refractivity contribution in [3.63, 3.8) is 0 Å². The molecule has 19 heavy (non-hydrogen) atoms. The van der Waals surface area contributed by atoms with Gasteiger partial charge in [0.05, 0.1) is 11.7 Å². The van der Waals surface area contributed by atoms with Gasteiger partial charge in [0.15, 0.2) is 0 Å². The van der Waals surface area contributed by atoms with Gasteiger partial charge in [0, 0.05) is 13.7 Å². The van der Waals surface area contributed by atoms with Crippen molar-refractivity contribution < 1.29 is 27.8 Å². The number of carbonyl (C=O) groups is 1. The first-order valence-corrected chi connectivity index (χ1v) is 5.45. The molecule has 7 heteroatoms. The third kappa shape index (κ3) is 4.88. The van der Waals surface area contributed by atoms with Crippen molar-refractivity contribution in [1.82, 2.24) is 5.32 Å². The Morgan fingerprint density at radius 1 is 1.47 bits per heavy atom. The molecule has 0 bridgehead atoms. The number of methoxy groups -OCH3 is 1. The Morgan fingerprint density at radius 3 is 2.74 bits per heavy atom. The van der Waals surface area contributed by atoms with Gasteiger partial charge in [-0.05, 0) is 17.7 Å². The summed E-state index contributed by atoms with van der Waals surface area (Å²) in [6.45, 7) is -0.348. The minimum absolute atomic E-state index is 0.0903. The second-order valence-electron chi connectivity index (χ2n) is 3.88. The molecule has 0 fully saturated rings. The van der Waals surface area contributed by atoms with Gasteiger partial charge in [0.1, 0.15) is 6.61 Å². The fourth-order valence-corrected chi connectivity index (χ4v) is 1.43. The monoisotopic (exact) mass is 277 g/mol. The number of halogens is 3. The van der Waals surface area contributed by atoms with Crippen LogP contribution in [0.4, 0.5) is 13.2 Å². The molecule has 1 aromatic carbocycles. The smallest absolute Gasteiger partial charge is 0.387 e. The van der Waals surface area contributed by atoms with E-state index in [1.165, 1.54) is 19.2 Å². The normalized spacial score (nSPS) is 13.1. The number of benzene rings is 1. The zero-order valence-corrected chi connectivity index (χ0v) is 10.2. The molecule has 0 aromatic heterocycles. The summed E-state index contributed by atoms with van der Waals surface area (Å²) < 4.78 is 42.0. The Hall–Kier alpha value is -1.60. The van der Waals surface area contributed by atoms with Gasteiger partial charge in [0.2, 0.25) is 5.91 Å². The van der Waals surface area contributed by atoms with E-state index >= 15 is 0 Å². The first kappa shape index (κ1) is 15.5. The van der Waals surface area contributed by atoms with Crippen molar-refractivity contribution in [3.8, 4) is 0 Å². The van der Waals surface area contributed by atoms with Gasteiger partial charge in [-0.1, -0.05) is 12.1 Å². The molecule has 2 N–H and O–H groups in total. The summed E-state index contributed by atoms with van der Waals surface area (Å²) in [6.07, 6.45) is -5.67. The number of rotatable bonds is 5. The highest BCUT2D eigenvalue weighted by Crippen LogP contribution is 2.30. The summed E-state index contributed by atoms with van der Waals surface area (Å²) in [5.41, 5.74) is -0.750. The molecule has 0 aliphatic rings. The number of aliphatic hydroxyl groups excluding tert-OH is 1. The van der Waals surface area contributed by atoms with Gasteiger partial charge in [0.25, 0.3) is 0 Å². The van der Waals surface area contributed by atoms with Crippen molar-refractivity contribution in [1.29, 1.82) is 0 Å². The average Bonchev–Trinajstić information content (AvgIpc) is 2.35. The molecular formula is C12H14F3NO3. The number of hydrogen-bond donors (Lipinski definition) is 2. The predicted molar refractivity (Wildman–Crippen MR) is 61.3 cm³/mol. The highest BCUT2D eigenvalue weighted by molar-refractivity contribution is 5.77. The number of hydrogen-bond acceptors (Lipinski definition) is 3. The topological polar surface area (TPSA) is 58.6 Å². The second kappa shape index (κ2) is 6.53. The molecule has 0 heterocycles. The molecule has 0 spiro atoms. The lowest BCUT2D eigenvalue weighted by Crippen LogP contribution is -2.31. The quantitative estimate of drug-likeness (QED) is 0.857. The molecule has 4 nitrogen and oxygen atoms in total. The van der Waals surface area contributed by atoms with Crippen molar-refractivity contribution >= 4 is 5.91 Å². The van der Waals surface area contributed by atoms with E-state index in [0.29, 0.717) is 0 Å². The van der Waals surface area contributed by atoms with E-state index in [1.807, 2.05) is 0 Å². The third-order valence-electron chi connectivity index (χ3n) is 2.37. The highest BCUT2D eigenvalue weighted by Gasteiger charge is 2.30. The van der Waals surface area contributed by atoms with E-state index in [2.05, 4.69) is 10.1 Å². The van der Waals surface area contributed by atoms with Crippen LogP contribution in [0.15, 0.2) is 24.3 Å². The molecular weight excluding hydrogens is 263 g/mol. The average molecular weight is 277 g/mol. The Morgan fingerprint density at radius 2 is 2.16 bits per heavy atom. The maximum absolute atomic E-state index is 12.5. The second-order valence-corrected chi connectivity index (χ2v) is 3.88. The van der Waals surface area contributed by atoms with Crippen LogP contribution in [-0.4, -0.2) is 31.3 Å². The molecule has 106 valence electrons. The number of aliphatic hydroxyl groups is 1. The number of nitrogens with one attached hydrogen (secondary N) is 1. The lowest BCUT2D eigenvalue weighted by atomic mass is 10.1. The first-order chi connectivity index (χ1) is 8.84. The van der Waals surface area contributed by atoms with Crippen LogP contribution in [0, 0.1) is 0 Å². The Balaban J connectivity index is 2.67. The number of amides is 1. The molecule has 1 aromatic rings. The summed E-state index contributed by atoms with van der Waals surface area (Å²) in [7, 11) is 1.34. The van der Waals surface area contributed by atoms with Crippen molar-refractivity contribution in [2.75, 3.05) is 20.3 Å². The minimum atomic E-state index is -4.46. The van der Waals surface area contributed by atoms with E-state index in [1.54, 1.807) is 0 Å². The molecule has 0 aliphatic heterocycles. The molecule has 1 unspecified atom stereocenters. The highest BCUT2D eigenvalue weighted by atomic mass is 19.4. The van der Waals surface area contributed by atoms with E-state index in [9.17, 15) is 23.1 Å². The van der Waals surface area contributed by atoms with Crippen LogP contribution in [0.3, 0.4) is 0 Å². The van der Waals surface area contributed by atoms with Crippen LogP contribution in [0.1, 0.15) is 17.2 Å². The van der Waals surface area contributed by atoms with Gasteiger partial charge in [-0.3, -0.25) is 4.79 Å². The summed E-state index contributed by atoms with van der Waals surface area (Å²) in [5.74, 6) is -0.450. The van der Waals surface area contributed by atoms with E-state index in [-0.39, 0.29) is 18.7 Å². The van der Waals surface area contributed by atoms with Crippen molar-refractivity contribution in [2.24, 2.45) is 0 Å². The fourth-order valence-electron chi connectivity index (χ4n) is 1.43. The summed E-state index contributed by atoms with van der Waals surface area (Å²) >= 11 is 0. The Bertz CT molecular complexity index is 434. The zero-order valence-electron chi connectivity index (χ0n) is 10.2. The first-order valence-electron chi connectivity index (χ1n) is 5.45. The van der Waals surface area contributed by atoms with Crippen LogP contribution >= 0.6 is 0 Å². The molecule has 1 amide bonds. The molecule has 0 aliphatic carbocycles. The van der Waals surface area contributed by atoms with Crippen LogP contribution < -0.4 is 5.32 Å². The van der Waals surface area contributed by atoms with Crippen LogP contribution in [0.5, 0.6) is 0 Å². The lowest BCUT2D eigenvalue weighted by molar-refractivity contribution is -0.137. The summed E-state index contributed by atoms with van der Waals surface area (Å²) in [5, 5.41) is 12.0. The third-order valence-corrected chi connectivity index (χ3v) is 2.37. The number of alkyl halides is 3. The maximum atomic E-state index is 12.5.